The van der Waals surface area contributed by atoms with E-state index >= 15 is 0 Å². The number of oxazole rings is 1. The van der Waals surface area contributed by atoms with Gasteiger partial charge in [-0.1, -0.05) is 24.3 Å². The minimum absolute atomic E-state index is 0.488. The fraction of sp³-hybridized carbons (Fsp3) is 0.0526. The van der Waals surface area contributed by atoms with E-state index in [9.17, 15) is 0 Å². The number of ether oxygens (including phenoxy) is 1. The van der Waals surface area contributed by atoms with E-state index in [2.05, 4.69) is 9.97 Å². The van der Waals surface area contributed by atoms with Crippen LogP contribution in [-0.2, 0) is 6.61 Å². The lowest BCUT2D eigenvalue weighted by Gasteiger charge is -2.04. The number of nitrogens with zero attached hydrogens (tertiary/aromatic N) is 2. The average molecular weight is 334 g/mol. The molecule has 0 saturated heterocycles. The summed E-state index contributed by atoms with van der Waals surface area (Å²) in [5.74, 6) is 1.42. The number of thiazole rings is 1. The van der Waals surface area contributed by atoms with E-state index in [1.807, 2.05) is 66.1 Å². The molecule has 4 rings (SSSR count). The summed E-state index contributed by atoms with van der Waals surface area (Å²) in [5.41, 5.74) is 5.46. The standard InChI is InChI=1S/C19H14N2O2S/c1-2-4-18-17(3-1)21-19(23-18)10-7-14-5-8-16(9-6-14)22-11-15-12-24-13-20-15/h1-10,12-13H,11H2. The maximum absolute atomic E-state index is 5.70. The molecular formula is C19H14N2O2S. The molecule has 0 radical (unpaired) electrons. The molecule has 2 heterocycles. The van der Waals surface area contributed by atoms with Crippen LogP contribution in [0.15, 0.2) is 63.8 Å². The van der Waals surface area contributed by atoms with E-state index in [1.54, 1.807) is 16.8 Å². The molecule has 0 aliphatic rings. The summed E-state index contributed by atoms with van der Waals surface area (Å²) >= 11 is 1.57. The van der Waals surface area contributed by atoms with Crippen LogP contribution in [-0.4, -0.2) is 9.97 Å². The molecule has 24 heavy (non-hydrogen) atoms. The highest BCUT2D eigenvalue weighted by atomic mass is 32.1. The summed E-state index contributed by atoms with van der Waals surface area (Å²) in [6.45, 7) is 0.488. The summed E-state index contributed by atoms with van der Waals surface area (Å²) in [6.07, 6.45) is 3.83. The molecule has 0 bridgehead atoms. The van der Waals surface area contributed by atoms with Gasteiger partial charge < -0.3 is 9.15 Å². The van der Waals surface area contributed by atoms with Crippen molar-refractivity contribution in [2.75, 3.05) is 0 Å². The number of hydrogen-bond acceptors (Lipinski definition) is 5. The van der Waals surface area contributed by atoms with Crippen molar-refractivity contribution in [3.63, 3.8) is 0 Å². The number of rotatable bonds is 5. The first-order chi connectivity index (χ1) is 11.9. The summed E-state index contributed by atoms with van der Waals surface area (Å²) in [7, 11) is 0. The summed E-state index contributed by atoms with van der Waals surface area (Å²) in [5, 5.41) is 1.98. The van der Waals surface area contributed by atoms with Crippen molar-refractivity contribution in [2.45, 2.75) is 6.61 Å². The van der Waals surface area contributed by atoms with Crippen molar-refractivity contribution < 1.29 is 9.15 Å². The first-order valence-corrected chi connectivity index (χ1v) is 8.45. The van der Waals surface area contributed by atoms with E-state index in [0.717, 1.165) is 28.1 Å². The third kappa shape index (κ3) is 3.36. The van der Waals surface area contributed by atoms with Crippen LogP contribution in [0, 0.1) is 0 Å². The molecule has 2 aromatic heterocycles. The molecule has 0 saturated carbocycles. The third-order valence-electron chi connectivity index (χ3n) is 3.48. The normalized spacial score (nSPS) is 11.3. The van der Waals surface area contributed by atoms with Gasteiger partial charge in [-0.2, -0.15) is 0 Å². The lowest BCUT2D eigenvalue weighted by Crippen LogP contribution is -1.94. The van der Waals surface area contributed by atoms with Crippen LogP contribution in [0.2, 0.25) is 0 Å². The highest BCUT2D eigenvalue weighted by Gasteiger charge is 2.01. The highest BCUT2D eigenvalue weighted by Crippen LogP contribution is 2.18. The van der Waals surface area contributed by atoms with Crippen LogP contribution in [0.4, 0.5) is 0 Å². The zero-order valence-electron chi connectivity index (χ0n) is 12.8. The lowest BCUT2D eigenvalue weighted by molar-refractivity contribution is 0.302. The molecule has 4 nitrogen and oxygen atoms in total. The van der Waals surface area contributed by atoms with E-state index in [0.29, 0.717) is 12.5 Å². The monoisotopic (exact) mass is 334 g/mol. The molecule has 0 spiro atoms. The quantitative estimate of drug-likeness (QED) is 0.513. The largest absolute Gasteiger partial charge is 0.487 e. The second kappa shape index (κ2) is 6.68. The number of fused-ring (bicyclic) bond motifs is 1. The Morgan fingerprint density at radius 3 is 2.71 bits per heavy atom. The first kappa shape index (κ1) is 14.7. The molecule has 5 heteroatoms. The summed E-state index contributed by atoms with van der Waals surface area (Å²) in [4.78, 5) is 8.61. The van der Waals surface area contributed by atoms with Gasteiger partial charge in [-0.25, -0.2) is 9.97 Å². The van der Waals surface area contributed by atoms with Gasteiger partial charge in [0.05, 0.1) is 11.2 Å². The number of aromatic nitrogens is 2. The van der Waals surface area contributed by atoms with Gasteiger partial charge >= 0.3 is 0 Å². The molecule has 2 aromatic carbocycles. The van der Waals surface area contributed by atoms with Gasteiger partial charge in [0, 0.05) is 11.5 Å². The van der Waals surface area contributed by atoms with Crippen molar-refractivity contribution >= 4 is 34.6 Å². The Morgan fingerprint density at radius 2 is 1.92 bits per heavy atom. The number of hydrogen-bond donors (Lipinski definition) is 0. The minimum Gasteiger partial charge on any atom is -0.487 e. The SMILES string of the molecule is C(=Cc1nc2ccccc2o1)c1ccc(OCc2cscn2)cc1. The van der Waals surface area contributed by atoms with E-state index in [-0.39, 0.29) is 0 Å². The van der Waals surface area contributed by atoms with Gasteiger partial charge in [0.25, 0.3) is 0 Å². The Labute approximate surface area is 143 Å². The molecule has 0 aliphatic heterocycles. The molecule has 0 amide bonds. The summed E-state index contributed by atoms with van der Waals surface area (Å²) < 4.78 is 11.4. The Bertz CT molecular complexity index is 924. The van der Waals surface area contributed by atoms with Crippen LogP contribution in [0.25, 0.3) is 23.3 Å². The van der Waals surface area contributed by atoms with Crippen LogP contribution >= 0.6 is 11.3 Å². The highest BCUT2D eigenvalue weighted by molar-refractivity contribution is 7.07. The maximum Gasteiger partial charge on any atom is 0.220 e. The molecule has 0 aliphatic carbocycles. The molecule has 118 valence electrons. The maximum atomic E-state index is 5.70. The van der Waals surface area contributed by atoms with E-state index < -0.39 is 0 Å². The van der Waals surface area contributed by atoms with Crippen molar-refractivity contribution in [1.29, 1.82) is 0 Å². The Hall–Kier alpha value is -2.92. The predicted molar refractivity (Wildman–Crippen MR) is 95.8 cm³/mol. The average Bonchev–Trinajstić information content (AvgIpc) is 3.28. The van der Waals surface area contributed by atoms with E-state index in [4.69, 9.17) is 9.15 Å². The number of para-hydroxylation sites is 2. The molecule has 0 fully saturated rings. The summed E-state index contributed by atoms with van der Waals surface area (Å²) in [6, 6.07) is 15.6. The van der Waals surface area contributed by atoms with E-state index in [1.165, 1.54) is 0 Å². The second-order valence-corrected chi connectivity index (χ2v) is 5.91. The third-order valence-corrected chi connectivity index (χ3v) is 4.11. The van der Waals surface area contributed by atoms with Gasteiger partial charge in [0.15, 0.2) is 5.58 Å². The van der Waals surface area contributed by atoms with Crippen molar-refractivity contribution in [3.05, 3.63) is 76.6 Å². The van der Waals surface area contributed by atoms with Gasteiger partial charge in [0.1, 0.15) is 17.9 Å². The van der Waals surface area contributed by atoms with Gasteiger partial charge in [-0.3, -0.25) is 0 Å². The fourth-order valence-corrected chi connectivity index (χ4v) is 2.81. The smallest absolute Gasteiger partial charge is 0.220 e. The molecule has 0 N–H and O–H groups in total. The minimum atomic E-state index is 0.488. The Kier molecular flexibility index (Phi) is 4.08. The lowest BCUT2D eigenvalue weighted by atomic mass is 10.2. The first-order valence-electron chi connectivity index (χ1n) is 7.50. The Morgan fingerprint density at radius 1 is 1.04 bits per heavy atom. The second-order valence-electron chi connectivity index (χ2n) is 5.19. The van der Waals surface area contributed by atoms with Crippen molar-refractivity contribution in [2.24, 2.45) is 0 Å². The number of benzene rings is 2. The van der Waals surface area contributed by atoms with Crippen LogP contribution in [0.1, 0.15) is 17.1 Å². The van der Waals surface area contributed by atoms with Crippen LogP contribution in [0.3, 0.4) is 0 Å². The van der Waals surface area contributed by atoms with Gasteiger partial charge in [0.2, 0.25) is 5.89 Å². The zero-order valence-corrected chi connectivity index (χ0v) is 13.6. The fourth-order valence-electron chi connectivity index (χ4n) is 2.27. The predicted octanol–water partition coefficient (Wildman–Crippen LogP) is 5.03. The topological polar surface area (TPSA) is 48.2 Å². The van der Waals surface area contributed by atoms with Crippen LogP contribution in [0.5, 0.6) is 5.75 Å². The molecule has 0 atom stereocenters. The van der Waals surface area contributed by atoms with Gasteiger partial charge in [-0.15, -0.1) is 11.3 Å². The van der Waals surface area contributed by atoms with Crippen LogP contribution < -0.4 is 4.74 Å². The van der Waals surface area contributed by atoms with Crippen molar-refractivity contribution in [1.82, 2.24) is 9.97 Å². The molecular weight excluding hydrogens is 320 g/mol. The molecule has 4 aromatic rings. The molecule has 0 unspecified atom stereocenters. The van der Waals surface area contributed by atoms with Crippen molar-refractivity contribution in [3.8, 4) is 5.75 Å². The Balaban J connectivity index is 1.42. The van der Waals surface area contributed by atoms with Gasteiger partial charge in [-0.05, 0) is 35.9 Å². The zero-order chi connectivity index (χ0) is 16.2.